The van der Waals surface area contributed by atoms with Crippen LogP contribution in [0.3, 0.4) is 0 Å². The molecule has 2 aromatic heterocycles. The maximum atomic E-state index is 10.9. The lowest BCUT2D eigenvalue weighted by Gasteiger charge is -2.03. The first-order chi connectivity index (χ1) is 9.04. The molecule has 0 bridgehead atoms. The summed E-state index contributed by atoms with van der Waals surface area (Å²) >= 11 is 1.27. The van der Waals surface area contributed by atoms with Gasteiger partial charge in [0.15, 0.2) is 0 Å². The fraction of sp³-hybridized carbons (Fsp3) is 0.500. The van der Waals surface area contributed by atoms with E-state index in [9.17, 15) is 10.1 Å². The van der Waals surface area contributed by atoms with E-state index in [1.807, 2.05) is 6.92 Å². The normalized spacial score (nSPS) is 10.7. The SMILES string of the molecule is CCNc1snnc1Cn1nc(C)c([N+](=O)[O-])c1C. The van der Waals surface area contributed by atoms with E-state index in [1.54, 1.807) is 18.5 Å². The second-order valence-electron chi connectivity index (χ2n) is 4.01. The third-order valence-corrected chi connectivity index (χ3v) is 3.44. The van der Waals surface area contributed by atoms with Gasteiger partial charge in [0.2, 0.25) is 0 Å². The Kier molecular flexibility index (Phi) is 3.74. The predicted octanol–water partition coefficient (Wildman–Crippen LogP) is 1.74. The van der Waals surface area contributed by atoms with Crippen LogP contribution in [0, 0.1) is 24.0 Å². The number of nitro groups is 1. The maximum Gasteiger partial charge on any atom is 0.312 e. The Labute approximate surface area is 113 Å². The highest BCUT2D eigenvalue weighted by Crippen LogP contribution is 2.24. The molecule has 0 saturated heterocycles. The van der Waals surface area contributed by atoms with Crippen LogP contribution in [0.2, 0.25) is 0 Å². The number of nitrogens with one attached hydrogen (secondary N) is 1. The quantitative estimate of drug-likeness (QED) is 0.662. The van der Waals surface area contributed by atoms with Crippen LogP contribution in [0.15, 0.2) is 0 Å². The van der Waals surface area contributed by atoms with E-state index in [0.717, 1.165) is 17.2 Å². The summed E-state index contributed by atoms with van der Waals surface area (Å²) in [5.74, 6) is 0. The van der Waals surface area contributed by atoms with Crippen molar-refractivity contribution in [3.63, 3.8) is 0 Å². The molecule has 0 aliphatic rings. The van der Waals surface area contributed by atoms with Gasteiger partial charge in [0.25, 0.3) is 0 Å². The van der Waals surface area contributed by atoms with Crippen LogP contribution >= 0.6 is 11.5 Å². The van der Waals surface area contributed by atoms with Crippen molar-refractivity contribution in [3.05, 3.63) is 27.2 Å². The molecule has 2 rings (SSSR count). The van der Waals surface area contributed by atoms with E-state index in [-0.39, 0.29) is 5.69 Å². The van der Waals surface area contributed by atoms with E-state index >= 15 is 0 Å². The van der Waals surface area contributed by atoms with Gasteiger partial charge in [-0.2, -0.15) is 5.10 Å². The molecule has 102 valence electrons. The molecule has 0 aromatic carbocycles. The average molecular weight is 282 g/mol. The highest BCUT2D eigenvalue weighted by Gasteiger charge is 2.22. The van der Waals surface area contributed by atoms with Crippen LogP contribution in [0.1, 0.15) is 24.0 Å². The maximum absolute atomic E-state index is 10.9. The lowest BCUT2D eigenvalue weighted by atomic mass is 10.3. The van der Waals surface area contributed by atoms with E-state index in [4.69, 9.17) is 0 Å². The molecule has 1 N–H and O–H groups in total. The number of rotatable bonds is 5. The van der Waals surface area contributed by atoms with Gasteiger partial charge in [-0.3, -0.25) is 14.8 Å². The number of hydrogen-bond acceptors (Lipinski definition) is 7. The lowest BCUT2D eigenvalue weighted by Crippen LogP contribution is -2.07. The van der Waals surface area contributed by atoms with Gasteiger partial charge in [0.1, 0.15) is 22.1 Å². The molecule has 0 aliphatic heterocycles. The van der Waals surface area contributed by atoms with Crippen molar-refractivity contribution in [1.82, 2.24) is 19.4 Å². The number of anilines is 1. The van der Waals surface area contributed by atoms with Gasteiger partial charge in [-0.05, 0) is 20.8 Å². The van der Waals surface area contributed by atoms with Crippen LogP contribution in [0.25, 0.3) is 0 Å². The zero-order valence-electron chi connectivity index (χ0n) is 10.9. The van der Waals surface area contributed by atoms with Crippen molar-refractivity contribution in [2.75, 3.05) is 11.9 Å². The van der Waals surface area contributed by atoms with Gasteiger partial charge in [0, 0.05) is 18.1 Å². The first kappa shape index (κ1) is 13.4. The molecule has 19 heavy (non-hydrogen) atoms. The summed E-state index contributed by atoms with van der Waals surface area (Å²) in [6, 6.07) is 0. The monoisotopic (exact) mass is 282 g/mol. The highest BCUT2D eigenvalue weighted by molar-refractivity contribution is 7.10. The molecule has 9 heteroatoms. The van der Waals surface area contributed by atoms with Crippen molar-refractivity contribution in [2.45, 2.75) is 27.3 Å². The molecule has 8 nitrogen and oxygen atoms in total. The summed E-state index contributed by atoms with van der Waals surface area (Å²) in [6.07, 6.45) is 0. The van der Waals surface area contributed by atoms with E-state index in [0.29, 0.717) is 17.9 Å². The third-order valence-electron chi connectivity index (χ3n) is 2.72. The fourth-order valence-electron chi connectivity index (χ4n) is 1.85. The van der Waals surface area contributed by atoms with Crippen LogP contribution in [0.4, 0.5) is 10.7 Å². The molecule has 0 unspecified atom stereocenters. The van der Waals surface area contributed by atoms with Gasteiger partial charge in [-0.1, -0.05) is 4.49 Å². The van der Waals surface area contributed by atoms with Crippen LogP contribution < -0.4 is 5.32 Å². The third kappa shape index (κ3) is 2.55. The van der Waals surface area contributed by atoms with Crippen molar-refractivity contribution in [2.24, 2.45) is 0 Å². The summed E-state index contributed by atoms with van der Waals surface area (Å²) in [5.41, 5.74) is 1.74. The smallest absolute Gasteiger partial charge is 0.312 e. The van der Waals surface area contributed by atoms with E-state index in [2.05, 4.69) is 20.0 Å². The Morgan fingerprint density at radius 1 is 1.47 bits per heavy atom. The highest BCUT2D eigenvalue weighted by atomic mass is 32.1. The minimum Gasteiger partial charge on any atom is -0.374 e. The van der Waals surface area contributed by atoms with Crippen molar-refractivity contribution in [1.29, 1.82) is 0 Å². The topological polar surface area (TPSA) is 98.8 Å². The largest absolute Gasteiger partial charge is 0.374 e. The van der Waals surface area contributed by atoms with Crippen LogP contribution in [-0.4, -0.2) is 30.8 Å². The van der Waals surface area contributed by atoms with Crippen molar-refractivity contribution >= 4 is 22.2 Å². The molecule has 0 spiro atoms. The molecule has 0 fully saturated rings. The molecule has 0 atom stereocenters. The van der Waals surface area contributed by atoms with Crippen molar-refractivity contribution < 1.29 is 4.92 Å². The van der Waals surface area contributed by atoms with Crippen molar-refractivity contribution in [3.8, 4) is 0 Å². The zero-order chi connectivity index (χ0) is 14.0. The molecule has 2 aromatic rings. The molecular weight excluding hydrogens is 268 g/mol. The molecule has 2 heterocycles. The van der Waals surface area contributed by atoms with E-state index < -0.39 is 4.92 Å². The average Bonchev–Trinajstić information content (AvgIpc) is 2.86. The number of nitrogens with zero attached hydrogens (tertiary/aromatic N) is 5. The minimum absolute atomic E-state index is 0.0631. The molecular formula is C10H14N6O2S. The minimum atomic E-state index is -0.404. The Balaban J connectivity index is 2.31. The van der Waals surface area contributed by atoms with Gasteiger partial charge < -0.3 is 5.32 Å². The second kappa shape index (κ2) is 5.31. The zero-order valence-corrected chi connectivity index (χ0v) is 11.7. The molecule has 0 saturated carbocycles. The lowest BCUT2D eigenvalue weighted by molar-refractivity contribution is -0.386. The molecule has 0 aliphatic carbocycles. The number of hydrogen-bond donors (Lipinski definition) is 1. The Morgan fingerprint density at radius 3 is 2.79 bits per heavy atom. The van der Waals surface area contributed by atoms with Crippen LogP contribution in [-0.2, 0) is 6.54 Å². The Bertz CT molecular complexity index is 605. The fourth-order valence-corrected chi connectivity index (χ4v) is 2.50. The standard InChI is InChI=1S/C10H14N6O2S/c1-4-11-10-8(12-14-19-10)5-15-7(3)9(16(17)18)6(2)13-15/h11H,4-5H2,1-3H3. The van der Waals surface area contributed by atoms with Gasteiger partial charge in [-0.15, -0.1) is 5.10 Å². The number of aryl methyl sites for hydroxylation is 1. The first-order valence-corrected chi connectivity index (χ1v) is 6.55. The van der Waals surface area contributed by atoms with E-state index in [1.165, 1.54) is 11.5 Å². The number of aromatic nitrogens is 4. The first-order valence-electron chi connectivity index (χ1n) is 5.78. The van der Waals surface area contributed by atoms with Gasteiger partial charge in [0.05, 0.1) is 11.5 Å². The Hall–Kier alpha value is -2.03. The summed E-state index contributed by atoms with van der Waals surface area (Å²) < 4.78 is 5.47. The summed E-state index contributed by atoms with van der Waals surface area (Å²) in [4.78, 5) is 10.5. The summed E-state index contributed by atoms with van der Waals surface area (Å²) in [5, 5.41) is 23.2. The van der Waals surface area contributed by atoms with Gasteiger partial charge >= 0.3 is 5.69 Å². The molecule has 0 radical (unpaired) electrons. The summed E-state index contributed by atoms with van der Waals surface area (Å²) in [6.45, 7) is 6.45. The summed E-state index contributed by atoms with van der Waals surface area (Å²) in [7, 11) is 0. The van der Waals surface area contributed by atoms with Gasteiger partial charge in [-0.25, -0.2) is 0 Å². The second-order valence-corrected chi connectivity index (χ2v) is 4.77. The Morgan fingerprint density at radius 2 is 2.21 bits per heavy atom. The molecule has 0 amide bonds. The predicted molar refractivity (Wildman–Crippen MR) is 71.5 cm³/mol. The van der Waals surface area contributed by atoms with Crippen LogP contribution in [0.5, 0.6) is 0 Å².